The second-order valence-corrected chi connectivity index (χ2v) is 5.99. The highest BCUT2D eigenvalue weighted by atomic mass is 16.5. The van der Waals surface area contributed by atoms with Crippen molar-refractivity contribution in [1.29, 1.82) is 0 Å². The minimum atomic E-state index is 0.230. The Hall–Kier alpha value is -0.940. The molecule has 106 valence electrons. The summed E-state index contributed by atoms with van der Waals surface area (Å²) in [5.41, 5.74) is 0.230. The maximum atomic E-state index is 6.32. The van der Waals surface area contributed by atoms with Crippen LogP contribution in [0.2, 0.25) is 0 Å². The van der Waals surface area contributed by atoms with Crippen LogP contribution >= 0.6 is 0 Å². The van der Waals surface area contributed by atoms with Crippen LogP contribution < -0.4 is 5.32 Å². The van der Waals surface area contributed by atoms with Crippen molar-refractivity contribution in [3.8, 4) is 0 Å². The predicted molar refractivity (Wildman–Crippen MR) is 72.6 cm³/mol. The summed E-state index contributed by atoms with van der Waals surface area (Å²) in [6.45, 7) is 1.65. The van der Waals surface area contributed by atoms with Crippen molar-refractivity contribution in [2.75, 3.05) is 6.54 Å². The molecule has 1 saturated carbocycles. The van der Waals surface area contributed by atoms with Crippen LogP contribution in [-0.4, -0.2) is 33.0 Å². The molecule has 1 aromatic heterocycles. The Morgan fingerprint density at radius 2 is 2.21 bits per heavy atom. The van der Waals surface area contributed by atoms with Crippen molar-refractivity contribution in [3.63, 3.8) is 0 Å². The van der Waals surface area contributed by atoms with E-state index in [0.717, 1.165) is 18.9 Å². The summed E-state index contributed by atoms with van der Waals surface area (Å²) in [6, 6.07) is 0. The second kappa shape index (κ2) is 5.59. The molecule has 5 heteroatoms. The van der Waals surface area contributed by atoms with Gasteiger partial charge in [0.05, 0.1) is 18.2 Å². The fraction of sp³-hybridized carbons (Fsp3) is 0.857. The van der Waals surface area contributed by atoms with E-state index >= 15 is 0 Å². The zero-order valence-electron chi connectivity index (χ0n) is 11.8. The zero-order chi connectivity index (χ0) is 13.1. The van der Waals surface area contributed by atoms with Gasteiger partial charge in [0.1, 0.15) is 6.33 Å². The van der Waals surface area contributed by atoms with E-state index in [1.165, 1.54) is 44.9 Å². The molecule has 1 aliphatic heterocycles. The van der Waals surface area contributed by atoms with Crippen LogP contribution in [0.4, 0.5) is 0 Å². The molecule has 3 rings (SSSR count). The standard InChI is InChI=1S/C14H24N4O/c1-18-11-16-13(17-18)10-15-9-12-5-8-14(19-12)6-3-2-4-7-14/h11-12,15H,2-10H2,1H3. The van der Waals surface area contributed by atoms with Gasteiger partial charge in [-0.05, 0) is 25.7 Å². The van der Waals surface area contributed by atoms with Crippen molar-refractivity contribution in [1.82, 2.24) is 20.1 Å². The molecule has 1 spiro atoms. The molecule has 19 heavy (non-hydrogen) atoms. The first-order valence-corrected chi connectivity index (χ1v) is 7.49. The van der Waals surface area contributed by atoms with Crippen molar-refractivity contribution in [2.24, 2.45) is 7.05 Å². The molecular weight excluding hydrogens is 240 g/mol. The van der Waals surface area contributed by atoms with Gasteiger partial charge in [-0.15, -0.1) is 0 Å². The lowest BCUT2D eigenvalue weighted by molar-refractivity contribution is -0.0624. The van der Waals surface area contributed by atoms with E-state index in [9.17, 15) is 0 Å². The average Bonchev–Trinajstić information content (AvgIpc) is 2.99. The highest BCUT2D eigenvalue weighted by Crippen LogP contribution is 2.41. The van der Waals surface area contributed by atoms with Crippen LogP contribution in [0, 0.1) is 0 Å². The topological polar surface area (TPSA) is 52.0 Å². The minimum Gasteiger partial charge on any atom is -0.370 e. The maximum absolute atomic E-state index is 6.32. The molecule has 0 amide bonds. The van der Waals surface area contributed by atoms with Gasteiger partial charge < -0.3 is 10.1 Å². The van der Waals surface area contributed by atoms with Crippen molar-refractivity contribution in [3.05, 3.63) is 12.2 Å². The number of aromatic nitrogens is 3. The van der Waals surface area contributed by atoms with Crippen LogP contribution in [-0.2, 0) is 18.3 Å². The largest absolute Gasteiger partial charge is 0.370 e. The fourth-order valence-electron chi connectivity index (χ4n) is 3.41. The smallest absolute Gasteiger partial charge is 0.164 e. The molecule has 0 radical (unpaired) electrons. The number of ether oxygens (including phenoxy) is 1. The van der Waals surface area contributed by atoms with Crippen LogP contribution in [0.3, 0.4) is 0 Å². The summed E-state index contributed by atoms with van der Waals surface area (Å²) in [4.78, 5) is 4.21. The molecule has 0 aromatic carbocycles. The summed E-state index contributed by atoms with van der Waals surface area (Å²) in [5.74, 6) is 0.855. The van der Waals surface area contributed by atoms with Gasteiger partial charge in [-0.25, -0.2) is 4.98 Å². The van der Waals surface area contributed by atoms with Crippen LogP contribution in [0.25, 0.3) is 0 Å². The number of hydrogen-bond donors (Lipinski definition) is 1. The van der Waals surface area contributed by atoms with Crippen molar-refractivity contribution >= 4 is 0 Å². The summed E-state index contributed by atoms with van der Waals surface area (Å²) in [7, 11) is 1.89. The van der Waals surface area contributed by atoms with E-state index < -0.39 is 0 Å². The lowest BCUT2D eigenvalue weighted by Gasteiger charge is -2.33. The molecule has 1 unspecified atom stereocenters. The van der Waals surface area contributed by atoms with Gasteiger partial charge in [-0.3, -0.25) is 4.68 Å². The Labute approximate surface area is 114 Å². The Morgan fingerprint density at radius 3 is 2.95 bits per heavy atom. The molecular formula is C14H24N4O. The quantitative estimate of drug-likeness (QED) is 0.900. The van der Waals surface area contributed by atoms with Crippen LogP contribution in [0.5, 0.6) is 0 Å². The summed E-state index contributed by atoms with van der Waals surface area (Å²) >= 11 is 0. The highest BCUT2D eigenvalue weighted by molar-refractivity contribution is 4.92. The first-order valence-electron chi connectivity index (χ1n) is 7.49. The van der Waals surface area contributed by atoms with Gasteiger partial charge in [0.2, 0.25) is 0 Å². The van der Waals surface area contributed by atoms with E-state index in [4.69, 9.17) is 4.74 Å². The lowest BCUT2D eigenvalue weighted by atomic mass is 9.83. The summed E-state index contributed by atoms with van der Waals surface area (Å²) in [6.07, 6.45) is 11.2. The molecule has 1 N–H and O–H groups in total. The van der Waals surface area contributed by atoms with Crippen LogP contribution in [0.15, 0.2) is 6.33 Å². The molecule has 2 aliphatic rings. The third kappa shape index (κ3) is 3.15. The predicted octanol–water partition coefficient (Wildman–Crippen LogP) is 1.79. The molecule has 0 bridgehead atoms. The van der Waals surface area contributed by atoms with Gasteiger partial charge in [-0.2, -0.15) is 5.10 Å². The average molecular weight is 264 g/mol. The number of nitrogens with one attached hydrogen (secondary N) is 1. The van der Waals surface area contributed by atoms with Gasteiger partial charge in [0, 0.05) is 13.6 Å². The minimum absolute atomic E-state index is 0.230. The van der Waals surface area contributed by atoms with Gasteiger partial charge in [-0.1, -0.05) is 19.3 Å². The van der Waals surface area contributed by atoms with Gasteiger partial charge in [0.25, 0.3) is 0 Å². The molecule has 2 fully saturated rings. The number of nitrogens with zero attached hydrogens (tertiary/aromatic N) is 3. The van der Waals surface area contributed by atoms with Crippen molar-refractivity contribution < 1.29 is 4.74 Å². The van der Waals surface area contributed by atoms with Crippen LogP contribution in [0.1, 0.15) is 50.8 Å². The Bertz CT molecular complexity index is 411. The SMILES string of the molecule is Cn1cnc(CNCC2CCC3(CCCCC3)O2)n1. The zero-order valence-corrected chi connectivity index (χ0v) is 11.8. The lowest BCUT2D eigenvalue weighted by Crippen LogP contribution is -2.34. The Balaban J connectivity index is 1.42. The second-order valence-electron chi connectivity index (χ2n) is 5.99. The number of hydrogen-bond acceptors (Lipinski definition) is 4. The highest BCUT2D eigenvalue weighted by Gasteiger charge is 2.40. The van der Waals surface area contributed by atoms with E-state index in [-0.39, 0.29) is 5.60 Å². The van der Waals surface area contributed by atoms with E-state index in [0.29, 0.717) is 6.10 Å². The molecule has 1 atom stereocenters. The first kappa shape index (κ1) is 13.1. The van der Waals surface area contributed by atoms with E-state index in [1.54, 1.807) is 11.0 Å². The van der Waals surface area contributed by atoms with Gasteiger partial charge >= 0.3 is 0 Å². The number of rotatable bonds is 4. The third-order valence-electron chi connectivity index (χ3n) is 4.41. The Morgan fingerprint density at radius 1 is 1.37 bits per heavy atom. The third-order valence-corrected chi connectivity index (χ3v) is 4.41. The fourth-order valence-corrected chi connectivity index (χ4v) is 3.41. The van der Waals surface area contributed by atoms with E-state index in [2.05, 4.69) is 15.4 Å². The molecule has 1 aromatic rings. The summed E-state index contributed by atoms with van der Waals surface area (Å²) in [5, 5.41) is 7.68. The van der Waals surface area contributed by atoms with Gasteiger partial charge in [0.15, 0.2) is 5.82 Å². The molecule has 2 heterocycles. The Kier molecular flexibility index (Phi) is 3.84. The number of aryl methyl sites for hydroxylation is 1. The normalized spacial score (nSPS) is 26.1. The molecule has 1 aliphatic carbocycles. The molecule has 1 saturated heterocycles. The first-order chi connectivity index (χ1) is 9.26. The molecule has 5 nitrogen and oxygen atoms in total. The summed E-state index contributed by atoms with van der Waals surface area (Å²) < 4.78 is 8.06. The maximum Gasteiger partial charge on any atom is 0.164 e. The van der Waals surface area contributed by atoms with Crippen molar-refractivity contribution in [2.45, 2.75) is 63.2 Å². The van der Waals surface area contributed by atoms with E-state index in [1.807, 2.05) is 7.05 Å². The monoisotopic (exact) mass is 264 g/mol.